The fourth-order valence-electron chi connectivity index (χ4n) is 1.40. The molecule has 1 saturated heterocycles. The molecule has 1 fully saturated rings. The lowest BCUT2D eigenvalue weighted by Crippen LogP contribution is -2.50. The number of rotatable bonds is 3. The average Bonchev–Trinajstić information content (AvgIpc) is 2.17. The van der Waals surface area contributed by atoms with E-state index >= 15 is 0 Å². The monoisotopic (exact) mass is 233 g/mol. The van der Waals surface area contributed by atoms with Gasteiger partial charge in [0.2, 0.25) is 11.8 Å². The highest BCUT2D eigenvalue weighted by Crippen LogP contribution is 2.03. The molecule has 0 spiro atoms. The molecule has 0 aromatic heterocycles. The maximum Gasteiger partial charge on any atom is 0.240 e. The van der Waals surface area contributed by atoms with Crippen LogP contribution in [-0.2, 0) is 20.4 Å². The molecule has 7 heteroatoms. The molecule has 0 aromatic carbocycles. The molecule has 1 heterocycles. The Bertz CT molecular complexity index is 285. The summed E-state index contributed by atoms with van der Waals surface area (Å²) >= 11 is 0. The Balaban J connectivity index is 2.46. The van der Waals surface area contributed by atoms with Crippen LogP contribution in [0.1, 0.15) is 6.42 Å². The normalized spacial score (nSPS) is 19.9. The van der Waals surface area contributed by atoms with Gasteiger partial charge in [-0.3, -0.25) is 13.8 Å². The zero-order chi connectivity index (χ0) is 11.4. The summed E-state index contributed by atoms with van der Waals surface area (Å²) in [5, 5.41) is 0. The van der Waals surface area contributed by atoms with Crippen LogP contribution >= 0.6 is 0 Å². The number of amides is 2. The first kappa shape index (κ1) is 12.1. The predicted octanol–water partition coefficient (Wildman–Crippen LogP) is -2.22. The molecule has 6 nitrogen and oxygen atoms in total. The first-order valence-electron chi connectivity index (χ1n) is 4.68. The van der Waals surface area contributed by atoms with Gasteiger partial charge in [0, 0.05) is 35.4 Å². The van der Waals surface area contributed by atoms with Crippen molar-refractivity contribution < 1.29 is 13.8 Å². The fraction of sp³-hybridized carbons (Fsp3) is 0.750. The van der Waals surface area contributed by atoms with E-state index in [2.05, 4.69) is 0 Å². The zero-order valence-corrected chi connectivity index (χ0v) is 9.16. The molecule has 4 N–H and O–H groups in total. The van der Waals surface area contributed by atoms with Crippen LogP contribution in [-0.4, -0.2) is 51.6 Å². The zero-order valence-electron chi connectivity index (χ0n) is 8.35. The third-order valence-electron chi connectivity index (χ3n) is 2.23. The summed E-state index contributed by atoms with van der Waals surface area (Å²) < 4.78 is 11.0. The summed E-state index contributed by atoms with van der Waals surface area (Å²) in [5.74, 6) is 0.0892. The summed E-state index contributed by atoms with van der Waals surface area (Å²) in [6, 6.07) is -0.867. The SMILES string of the molecule is NC(=O)CC(N)C(=O)N1CCS(=O)CC1. The van der Waals surface area contributed by atoms with Crippen LogP contribution in [0, 0.1) is 0 Å². The second-order valence-corrected chi connectivity index (χ2v) is 5.15. The van der Waals surface area contributed by atoms with Gasteiger partial charge in [-0.05, 0) is 0 Å². The Kier molecular flexibility index (Phi) is 4.22. The highest BCUT2D eigenvalue weighted by molar-refractivity contribution is 7.85. The smallest absolute Gasteiger partial charge is 0.240 e. The molecule has 0 radical (unpaired) electrons. The van der Waals surface area contributed by atoms with Gasteiger partial charge in [0.1, 0.15) is 0 Å². The molecular weight excluding hydrogens is 218 g/mol. The Morgan fingerprint density at radius 1 is 1.33 bits per heavy atom. The van der Waals surface area contributed by atoms with E-state index in [1.807, 2.05) is 0 Å². The van der Waals surface area contributed by atoms with Crippen LogP contribution < -0.4 is 11.5 Å². The molecule has 1 aliphatic heterocycles. The van der Waals surface area contributed by atoms with Crippen LogP contribution in [0.4, 0.5) is 0 Å². The number of primary amides is 1. The minimum absolute atomic E-state index is 0.140. The quantitative estimate of drug-likeness (QED) is 0.575. The van der Waals surface area contributed by atoms with Crippen molar-refractivity contribution in [1.82, 2.24) is 4.90 Å². The van der Waals surface area contributed by atoms with E-state index in [-0.39, 0.29) is 12.3 Å². The highest BCUT2D eigenvalue weighted by Gasteiger charge is 2.25. The molecule has 0 bridgehead atoms. The predicted molar refractivity (Wildman–Crippen MR) is 56.2 cm³/mol. The minimum atomic E-state index is -0.867. The molecule has 0 saturated carbocycles. The van der Waals surface area contributed by atoms with Crippen molar-refractivity contribution in [2.24, 2.45) is 11.5 Å². The highest BCUT2D eigenvalue weighted by atomic mass is 32.2. The number of carbonyl (C=O) groups is 2. The van der Waals surface area contributed by atoms with E-state index in [0.29, 0.717) is 24.6 Å². The Morgan fingerprint density at radius 2 is 1.87 bits per heavy atom. The molecule has 1 unspecified atom stereocenters. The van der Waals surface area contributed by atoms with Gasteiger partial charge < -0.3 is 16.4 Å². The number of hydrogen-bond donors (Lipinski definition) is 2. The lowest BCUT2D eigenvalue weighted by molar-refractivity contribution is -0.134. The van der Waals surface area contributed by atoms with E-state index in [9.17, 15) is 13.8 Å². The van der Waals surface area contributed by atoms with Crippen LogP contribution in [0.3, 0.4) is 0 Å². The van der Waals surface area contributed by atoms with Gasteiger partial charge in [-0.1, -0.05) is 0 Å². The van der Waals surface area contributed by atoms with Crippen LogP contribution in [0.15, 0.2) is 0 Å². The third kappa shape index (κ3) is 3.60. The molecule has 15 heavy (non-hydrogen) atoms. The Hall–Kier alpha value is -0.950. The lowest BCUT2D eigenvalue weighted by Gasteiger charge is -2.28. The molecule has 0 aromatic rings. The summed E-state index contributed by atoms with van der Waals surface area (Å²) in [7, 11) is -0.828. The van der Waals surface area contributed by atoms with E-state index in [4.69, 9.17) is 11.5 Å². The second-order valence-electron chi connectivity index (χ2n) is 3.45. The molecule has 86 valence electrons. The standard InChI is InChI=1S/C8H15N3O3S/c9-6(5-7(10)12)8(13)11-1-3-15(14)4-2-11/h6H,1-5,9H2,(H2,10,12). The van der Waals surface area contributed by atoms with Gasteiger partial charge in [0.25, 0.3) is 0 Å². The van der Waals surface area contributed by atoms with Crippen molar-refractivity contribution in [2.75, 3.05) is 24.6 Å². The number of hydrogen-bond acceptors (Lipinski definition) is 4. The van der Waals surface area contributed by atoms with Crippen molar-refractivity contribution in [3.8, 4) is 0 Å². The number of nitrogens with two attached hydrogens (primary N) is 2. The van der Waals surface area contributed by atoms with Crippen LogP contribution in [0.2, 0.25) is 0 Å². The van der Waals surface area contributed by atoms with E-state index in [0.717, 1.165) is 0 Å². The second kappa shape index (κ2) is 5.22. The fourth-order valence-corrected chi connectivity index (χ4v) is 2.45. The van der Waals surface area contributed by atoms with Gasteiger partial charge in [-0.2, -0.15) is 0 Å². The van der Waals surface area contributed by atoms with E-state index in [1.54, 1.807) is 0 Å². The lowest BCUT2D eigenvalue weighted by atomic mass is 10.2. The Labute approximate surface area is 90.4 Å². The van der Waals surface area contributed by atoms with Gasteiger partial charge in [-0.25, -0.2) is 0 Å². The summed E-state index contributed by atoms with van der Waals surface area (Å²) in [4.78, 5) is 23.7. The van der Waals surface area contributed by atoms with Gasteiger partial charge in [0.15, 0.2) is 0 Å². The maximum absolute atomic E-state index is 11.6. The summed E-state index contributed by atoms with van der Waals surface area (Å²) in [6.45, 7) is 0.885. The van der Waals surface area contributed by atoms with Crippen molar-refractivity contribution in [1.29, 1.82) is 0 Å². The molecule has 0 aliphatic carbocycles. The topological polar surface area (TPSA) is 106 Å². The molecule has 2 amide bonds. The number of carbonyl (C=O) groups excluding carboxylic acids is 2. The number of nitrogens with zero attached hydrogens (tertiary/aromatic N) is 1. The van der Waals surface area contributed by atoms with Crippen molar-refractivity contribution in [2.45, 2.75) is 12.5 Å². The van der Waals surface area contributed by atoms with Crippen molar-refractivity contribution in [3.05, 3.63) is 0 Å². The molecule has 1 atom stereocenters. The van der Waals surface area contributed by atoms with Crippen LogP contribution in [0.5, 0.6) is 0 Å². The molecular formula is C8H15N3O3S. The average molecular weight is 233 g/mol. The van der Waals surface area contributed by atoms with E-state index < -0.39 is 22.7 Å². The summed E-state index contributed by atoms with van der Waals surface area (Å²) in [6.07, 6.45) is -0.140. The van der Waals surface area contributed by atoms with Crippen LogP contribution in [0.25, 0.3) is 0 Å². The third-order valence-corrected chi connectivity index (χ3v) is 3.50. The first-order chi connectivity index (χ1) is 7.00. The summed E-state index contributed by atoms with van der Waals surface area (Å²) in [5.41, 5.74) is 10.5. The van der Waals surface area contributed by atoms with E-state index in [1.165, 1.54) is 4.90 Å². The van der Waals surface area contributed by atoms with Crippen molar-refractivity contribution >= 4 is 22.6 Å². The van der Waals surface area contributed by atoms with Gasteiger partial charge in [-0.15, -0.1) is 0 Å². The molecule has 1 aliphatic rings. The molecule has 1 rings (SSSR count). The minimum Gasteiger partial charge on any atom is -0.370 e. The Morgan fingerprint density at radius 3 is 2.33 bits per heavy atom. The first-order valence-corrected chi connectivity index (χ1v) is 6.17. The largest absolute Gasteiger partial charge is 0.370 e. The van der Waals surface area contributed by atoms with Gasteiger partial charge in [0.05, 0.1) is 12.5 Å². The van der Waals surface area contributed by atoms with Crippen molar-refractivity contribution in [3.63, 3.8) is 0 Å². The van der Waals surface area contributed by atoms with Gasteiger partial charge >= 0.3 is 0 Å². The maximum atomic E-state index is 11.6.